The van der Waals surface area contributed by atoms with Crippen molar-refractivity contribution in [3.05, 3.63) is 35.7 Å². The van der Waals surface area contributed by atoms with Gasteiger partial charge in [0, 0.05) is 30.8 Å². The molecule has 1 amide bonds. The van der Waals surface area contributed by atoms with Crippen molar-refractivity contribution in [1.29, 1.82) is 0 Å². The van der Waals surface area contributed by atoms with Crippen LogP contribution in [0.1, 0.15) is 36.2 Å². The van der Waals surface area contributed by atoms with E-state index >= 15 is 0 Å². The van der Waals surface area contributed by atoms with Gasteiger partial charge in [-0.3, -0.25) is 4.79 Å². The molecular weight excluding hydrogens is 320 g/mol. The highest BCUT2D eigenvalue weighted by molar-refractivity contribution is 5.95. The fraction of sp³-hybridized carbons (Fsp3) is 0.579. The van der Waals surface area contributed by atoms with Gasteiger partial charge < -0.3 is 19.5 Å². The average Bonchev–Trinajstić information content (AvgIpc) is 2.68. The molecule has 6 heteroatoms. The van der Waals surface area contributed by atoms with Crippen molar-refractivity contribution in [3.8, 4) is 5.75 Å². The van der Waals surface area contributed by atoms with Crippen LogP contribution in [0.15, 0.2) is 30.0 Å². The number of ether oxygens (including phenoxy) is 2. The van der Waals surface area contributed by atoms with Gasteiger partial charge in [-0.05, 0) is 37.8 Å². The molecule has 0 radical (unpaired) electrons. The second-order valence-corrected chi connectivity index (χ2v) is 7.04. The number of fused-ring (bicyclic) bond motifs is 1. The molecule has 0 aromatic carbocycles. The second kappa shape index (κ2) is 6.77. The topological polar surface area (TPSA) is 71.9 Å². The number of amides is 1. The molecule has 3 aliphatic heterocycles. The van der Waals surface area contributed by atoms with Crippen molar-refractivity contribution in [3.63, 3.8) is 0 Å². The van der Waals surface area contributed by atoms with E-state index in [-0.39, 0.29) is 28.8 Å². The van der Waals surface area contributed by atoms with Gasteiger partial charge in [0.15, 0.2) is 5.69 Å². The maximum Gasteiger partial charge on any atom is 0.276 e. The molecule has 2 saturated heterocycles. The van der Waals surface area contributed by atoms with Gasteiger partial charge >= 0.3 is 0 Å². The number of hydrogen-bond acceptors (Lipinski definition) is 5. The first-order chi connectivity index (χ1) is 12.2. The highest BCUT2D eigenvalue weighted by Crippen LogP contribution is 2.48. The molecular formula is C19H24N2O4. The SMILES string of the molecule is O=C(c1ncccc1O)N1CCC[C@@]2(C3=CCOCC3)COCC[C@H]12. The van der Waals surface area contributed by atoms with Gasteiger partial charge in [-0.1, -0.05) is 11.6 Å². The van der Waals surface area contributed by atoms with Crippen LogP contribution in [0.5, 0.6) is 5.75 Å². The molecule has 0 bridgehead atoms. The summed E-state index contributed by atoms with van der Waals surface area (Å²) in [4.78, 5) is 19.2. The molecule has 3 aliphatic rings. The molecule has 1 aromatic rings. The summed E-state index contributed by atoms with van der Waals surface area (Å²) in [5.41, 5.74) is 1.39. The van der Waals surface area contributed by atoms with Crippen LogP contribution in [0.3, 0.4) is 0 Å². The van der Waals surface area contributed by atoms with Crippen LogP contribution in [-0.2, 0) is 9.47 Å². The number of piperidine rings is 1. The standard InChI is InChI=1S/C19H24N2O4/c22-15-3-1-8-20-17(15)18(23)21-9-2-7-19(13-25-12-6-16(19)21)14-4-10-24-11-5-14/h1,3-4,8,16,22H,2,5-7,9-13H2/t16-,19-/m0/s1. The Balaban J connectivity index is 1.68. The minimum Gasteiger partial charge on any atom is -0.505 e. The molecule has 4 heterocycles. The molecule has 25 heavy (non-hydrogen) atoms. The molecule has 6 nitrogen and oxygen atoms in total. The molecule has 0 spiro atoms. The largest absolute Gasteiger partial charge is 0.505 e. The van der Waals surface area contributed by atoms with E-state index in [0.717, 1.165) is 32.3 Å². The smallest absolute Gasteiger partial charge is 0.276 e. The summed E-state index contributed by atoms with van der Waals surface area (Å²) in [6.07, 6.45) is 7.40. The number of pyridine rings is 1. The summed E-state index contributed by atoms with van der Waals surface area (Å²) in [5, 5.41) is 10.1. The van der Waals surface area contributed by atoms with Crippen LogP contribution in [0.25, 0.3) is 0 Å². The van der Waals surface area contributed by atoms with Crippen LogP contribution in [-0.4, -0.2) is 59.9 Å². The van der Waals surface area contributed by atoms with Gasteiger partial charge in [0.25, 0.3) is 5.91 Å². The Hall–Kier alpha value is -1.92. The number of carbonyl (C=O) groups is 1. The molecule has 0 saturated carbocycles. The lowest BCUT2D eigenvalue weighted by Crippen LogP contribution is -2.59. The fourth-order valence-corrected chi connectivity index (χ4v) is 4.62. The molecule has 2 atom stereocenters. The van der Waals surface area contributed by atoms with Crippen LogP contribution in [0, 0.1) is 5.41 Å². The molecule has 2 fully saturated rings. The van der Waals surface area contributed by atoms with Crippen LogP contribution in [0.4, 0.5) is 0 Å². The molecule has 134 valence electrons. The molecule has 0 aliphatic carbocycles. The normalized spacial score (nSPS) is 29.7. The predicted octanol–water partition coefficient (Wildman–Crippen LogP) is 2.15. The summed E-state index contributed by atoms with van der Waals surface area (Å²) in [7, 11) is 0. The molecule has 4 rings (SSSR count). The predicted molar refractivity (Wildman–Crippen MR) is 91.3 cm³/mol. The van der Waals surface area contributed by atoms with E-state index in [0.29, 0.717) is 26.4 Å². The number of likely N-dealkylation sites (tertiary alicyclic amines) is 1. The van der Waals surface area contributed by atoms with Gasteiger partial charge in [-0.2, -0.15) is 0 Å². The minimum absolute atomic E-state index is 0.0546. The highest BCUT2D eigenvalue weighted by atomic mass is 16.5. The van der Waals surface area contributed by atoms with E-state index in [1.165, 1.54) is 11.6 Å². The van der Waals surface area contributed by atoms with E-state index in [1.807, 2.05) is 4.90 Å². The van der Waals surface area contributed by atoms with Crippen molar-refractivity contribution in [2.75, 3.05) is 33.0 Å². The van der Waals surface area contributed by atoms with E-state index in [4.69, 9.17) is 9.47 Å². The van der Waals surface area contributed by atoms with E-state index in [1.54, 1.807) is 12.3 Å². The number of rotatable bonds is 2. The highest BCUT2D eigenvalue weighted by Gasteiger charge is 2.50. The number of carbonyl (C=O) groups excluding carboxylic acids is 1. The third-order valence-corrected chi connectivity index (χ3v) is 5.78. The number of aromatic nitrogens is 1. The monoisotopic (exact) mass is 344 g/mol. The summed E-state index contributed by atoms with van der Waals surface area (Å²) >= 11 is 0. The number of aromatic hydroxyl groups is 1. The van der Waals surface area contributed by atoms with Crippen molar-refractivity contribution in [2.24, 2.45) is 5.41 Å². The lowest BCUT2D eigenvalue weighted by Gasteiger charge is -2.54. The Morgan fingerprint density at radius 3 is 3.08 bits per heavy atom. The van der Waals surface area contributed by atoms with Gasteiger partial charge in [0.05, 0.1) is 19.8 Å². The zero-order chi connectivity index (χ0) is 17.3. The van der Waals surface area contributed by atoms with E-state index in [9.17, 15) is 9.90 Å². The third-order valence-electron chi connectivity index (χ3n) is 5.78. The van der Waals surface area contributed by atoms with E-state index < -0.39 is 0 Å². The lowest BCUT2D eigenvalue weighted by atomic mass is 9.65. The molecule has 1 aromatic heterocycles. The lowest BCUT2D eigenvalue weighted by molar-refractivity contribution is -0.0740. The summed E-state index contributed by atoms with van der Waals surface area (Å²) in [6.45, 7) is 3.38. The first-order valence-electron chi connectivity index (χ1n) is 9.02. The van der Waals surface area contributed by atoms with Crippen molar-refractivity contribution < 1.29 is 19.4 Å². The van der Waals surface area contributed by atoms with Gasteiger partial charge in [0.2, 0.25) is 0 Å². The Labute approximate surface area is 147 Å². The maximum atomic E-state index is 13.1. The fourth-order valence-electron chi connectivity index (χ4n) is 4.62. The van der Waals surface area contributed by atoms with Crippen LogP contribution < -0.4 is 0 Å². The van der Waals surface area contributed by atoms with Crippen molar-refractivity contribution >= 4 is 5.91 Å². The maximum absolute atomic E-state index is 13.1. The Morgan fingerprint density at radius 1 is 1.36 bits per heavy atom. The Kier molecular flexibility index (Phi) is 4.48. The van der Waals surface area contributed by atoms with Gasteiger partial charge in [0.1, 0.15) is 5.75 Å². The van der Waals surface area contributed by atoms with Crippen molar-refractivity contribution in [1.82, 2.24) is 9.88 Å². The summed E-state index contributed by atoms with van der Waals surface area (Å²) in [6, 6.07) is 3.24. The third kappa shape index (κ3) is 2.83. The van der Waals surface area contributed by atoms with Crippen LogP contribution in [0.2, 0.25) is 0 Å². The van der Waals surface area contributed by atoms with E-state index in [2.05, 4.69) is 11.1 Å². The second-order valence-electron chi connectivity index (χ2n) is 7.04. The van der Waals surface area contributed by atoms with Crippen molar-refractivity contribution in [2.45, 2.75) is 31.7 Å². The molecule has 1 N–H and O–H groups in total. The summed E-state index contributed by atoms with van der Waals surface area (Å²) < 4.78 is 11.4. The van der Waals surface area contributed by atoms with Gasteiger partial charge in [-0.15, -0.1) is 0 Å². The Bertz CT molecular complexity index is 686. The minimum atomic E-state index is -0.179. The first-order valence-corrected chi connectivity index (χ1v) is 9.02. The number of nitrogens with zero attached hydrogens (tertiary/aromatic N) is 2. The Morgan fingerprint density at radius 2 is 2.28 bits per heavy atom. The molecule has 0 unspecified atom stereocenters. The first kappa shape index (κ1) is 16.5. The summed E-state index contributed by atoms with van der Waals surface area (Å²) in [5.74, 6) is -0.234. The quantitative estimate of drug-likeness (QED) is 0.832. The zero-order valence-electron chi connectivity index (χ0n) is 14.3. The number of hydrogen-bond donors (Lipinski definition) is 1. The average molecular weight is 344 g/mol. The zero-order valence-corrected chi connectivity index (χ0v) is 14.3. The van der Waals surface area contributed by atoms with Crippen LogP contribution >= 0.6 is 0 Å². The van der Waals surface area contributed by atoms with Gasteiger partial charge in [-0.25, -0.2) is 4.98 Å².